The Bertz CT molecular complexity index is 470. The van der Waals surface area contributed by atoms with Crippen LogP contribution >= 0.6 is 11.8 Å². The zero-order valence-electron chi connectivity index (χ0n) is 12.9. The van der Waals surface area contributed by atoms with E-state index in [-0.39, 0.29) is 18.1 Å². The van der Waals surface area contributed by atoms with Crippen molar-refractivity contribution in [2.75, 3.05) is 32.9 Å². The summed E-state index contributed by atoms with van der Waals surface area (Å²) in [5, 5.41) is 8.33. The first-order valence-corrected chi connectivity index (χ1v) is 7.95. The summed E-state index contributed by atoms with van der Waals surface area (Å²) < 4.78 is 11.1. The van der Waals surface area contributed by atoms with E-state index >= 15 is 0 Å². The lowest BCUT2D eigenvalue weighted by Gasteiger charge is -2.35. The number of morpholine rings is 1. The summed E-state index contributed by atoms with van der Waals surface area (Å²) in [5.74, 6) is 0.946. The average Bonchev–Trinajstić information content (AvgIpc) is 2.81. The molecule has 1 aliphatic heterocycles. The Labute approximate surface area is 129 Å². The predicted octanol–water partition coefficient (Wildman–Crippen LogP) is 0.859. The zero-order valence-corrected chi connectivity index (χ0v) is 13.7. The molecule has 0 spiro atoms. The van der Waals surface area contributed by atoms with Crippen molar-refractivity contribution in [3.63, 3.8) is 0 Å². The second kappa shape index (κ2) is 7.24. The number of amides is 1. The largest absolute Gasteiger partial charge is 0.415 e. The van der Waals surface area contributed by atoms with Gasteiger partial charge in [0.25, 0.3) is 5.22 Å². The van der Waals surface area contributed by atoms with Crippen molar-refractivity contribution in [2.45, 2.75) is 37.8 Å². The summed E-state index contributed by atoms with van der Waals surface area (Å²) in [7, 11) is 3.86. The number of rotatable bonds is 5. The molecule has 8 heteroatoms. The van der Waals surface area contributed by atoms with Crippen molar-refractivity contribution < 1.29 is 13.9 Å². The highest BCUT2D eigenvalue weighted by molar-refractivity contribution is 7.99. The van der Waals surface area contributed by atoms with E-state index in [9.17, 15) is 4.79 Å². The Balaban J connectivity index is 1.82. The van der Waals surface area contributed by atoms with Gasteiger partial charge >= 0.3 is 0 Å². The van der Waals surface area contributed by atoms with Crippen LogP contribution in [0.15, 0.2) is 9.64 Å². The van der Waals surface area contributed by atoms with Crippen molar-refractivity contribution in [3.05, 3.63) is 5.89 Å². The van der Waals surface area contributed by atoms with Crippen molar-refractivity contribution in [1.82, 2.24) is 20.0 Å². The van der Waals surface area contributed by atoms with E-state index in [2.05, 4.69) is 10.2 Å². The van der Waals surface area contributed by atoms with E-state index < -0.39 is 0 Å². The van der Waals surface area contributed by atoms with Crippen LogP contribution in [0.4, 0.5) is 0 Å². The van der Waals surface area contributed by atoms with Gasteiger partial charge in [0, 0.05) is 13.1 Å². The van der Waals surface area contributed by atoms with Crippen LogP contribution in [-0.2, 0) is 16.1 Å². The number of hydrogen-bond acceptors (Lipinski definition) is 7. The second-order valence-corrected chi connectivity index (χ2v) is 6.47. The maximum atomic E-state index is 12.2. The molecule has 0 bridgehead atoms. The molecule has 118 valence electrons. The monoisotopic (exact) mass is 314 g/mol. The number of thioether (sulfide) groups is 1. The van der Waals surface area contributed by atoms with Gasteiger partial charge in [-0.3, -0.25) is 4.79 Å². The summed E-state index contributed by atoms with van der Waals surface area (Å²) in [6, 6.07) is 0. The molecule has 1 aliphatic rings. The molecule has 0 unspecified atom stereocenters. The molecule has 0 radical (unpaired) electrons. The second-order valence-electron chi connectivity index (χ2n) is 5.54. The Morgan fingerprint density at radius 1 is 1.33 bits per heavy atom. The molecule has 1 fully saturated rings. The molecule has 7 nitrogen and oxygen atoms in total. The van der Waals surface area contributed by atoms with E-state index in [1.165, 1.54) is 11.8 Å². The Hall–Kier alpha value is -1.12. The van der Waals surface area contributed by atoms with Gasteiger partial charge in [-0.05, 0) is 27.9 Å². The predicted molar refractivity (Wildman–Crippen MR) is 79.0 cm³/mol. The Morgan fingerprint density at radius 3 is 2.62 bits per heavy atom. The molecule has 2 atom stereocenters. The third-order valence-electron chi connectivity index (χ3n) is 2.99. The summed E-state index contributed by atoms with van der Waals surface area (Å²) >= 11 is 1.28. The van der Waals surface area contributed by atoms with Gasteiger partial charge in [0.1, 0.15) is 0 Å². The van der Waals surface area contributed by atoms with Crippen LogP contribution < -0.4 is 0 Å². The molecule has 21 heavy (non-hydrogen) atoms. The number of carbonyl (C=O) groups excluding carboxylic acids is 1. The number of hydrogen-bond donors (Lipinski definition) is 0. The van der Waals surface area contributed by atoms with Crippen LogP contribution in [0, 0.1) is 0 Å². The van der Waals surface area contributed by atoms with Gasteiger partial charge < -0.3 is 19.0 Å². The quantitative estimate of drug-likeness (QED) is 0.746. The van der Waals surface area contributed by atoms with Crippen LogP contribution in [0.1, 0.15) is 19.7 Å². The summed E-state index contributed by atoms with van der Waals surface area (Å²) in [6.45, 7) is 5.84. The van der Waals surface area contributed by atoms with Gasteiger partial charge in [-0.25, -0.2) is 0 Å². The van der Waals surface area contributed by atoms with Gasteiger partial charge in [0.2, 0.25) is 11.8 Å². The third kappa shape index (κ3) is 4.98. The molecule has 0 aliphatic carbocycles. The zero-order chi connectivity index (χ0) is 15.4. The number of aromatic nitrogens is 2. The van der Waals surface area contributed by atoms with Gasteiger partial charge in [0.05, 0.1) is 24.5 Å². The minimum Gasteiger partial charge on any atom is -0.415 e. The van der Waals surface area contributed by atoms with Crippen molar-refractivity contribution in [2.24, 2.45) is 0 Å². The summed E-state index contributed by atoms with van der Waals surface area (Å²) in [6.07, 6.45) is 0.163. The van der Waals surface area contributed by atoms with Gasteiger partial charge in [-0.2, -0.15) is 0 Å². The highest BCUT2D eigenvalue weighted by atomic mass is 32.2. The first-order valence-electron chi connectivity index (χ1n) is 6.97. The molecular formula is C13H22N4O3S. The van der Waals surface area contributed by atoms with Crippen LogP contribution in [0.25, 0.3) is 0 Å². The first kappa shape index (κ1) is 16.3. The molecule has 0 N–H and O–H groups in total. The minimum atomic E-state index is 0.0781. The topological polar surface area (TPSA) is 71.7 Å². The number of carbonyl (C=O) groups is 1. The van der Waals surface area contributed by atoms with E-state index in [1.54, 1.807) is 0 Å². The maximum absolute atomic E-state index is 12.2. The average molecular weight is 314 g/mol. The maximum Gasteiger partial charge on any atom is 0.277 e. The molecule has 2 rings (SSSR count). The lowest BCUT2D eigenvalue weighted by molar-refractivity contribution is -0.140. The lowest BCUT2D eigenvalue weighted by Crippen LogP contribution is -2.48. The van der Waals surface area contributed by atoms with Crippen LogP contribution in [0.2, 0.25) is 0 Å². The molecule has 2 heterocycles. The van der Waals surface area contributed by atoms with Crippen LogP contribution in [0.3, 0.4) is 0 Å². The number of nitrogens with zero attached hydrogens (tertiary/aromatic N) is 4. The summed E-state index contributed by atoms with van der Waals surface area (Å²) in [4.78, 5) is 16.0. The molecule has 1 aromatic rings. The summed E-state index contributed by atoms with van der Waals surface area (Å²) in [5.41, 5.74) is 0. The van der Waals surface area contributed by atoms with Gasteiger partial charge in [-0.15, -0.1) is 10.2 Å². The highest BCUT2D eigenvalue weighted by Gasteiger charge is 2.26. The van der Waals surface area contributed by atoms with Crippen molar-refractivity contribution in [1.29, 1.82) is 0 Å². The third-order valence-corrected chi connectivity index (χ3v) is 3.79. The fourth-order valence-electron chi connectivity index (χ4n) is 2.23. The highest BCUT2D eigenvalue weighted by Crippen LogP contribution is 2.18. The Kier molecular flexibility index (Phi) is 5.60. The molecule has 0 saturated carbocycles. The van der Waals surface area contributed by atoms with E-state index in [0.717, 1.165) is 0 Å². The van der Waals surface area contributed by atoms with E-state index in [1.807, 2.05) is 37.7 Å². The fourth-order valence-corrected chi connectivity index (χ4v) is 2.91. The van der Waals surface area contributed by atoms with Crippen molar-refractivity contribution in [3.8, 4) is 0 Å². The van der Waals surface area contributed by atoms with Crippen molar-refractivity contribution >= 4 is 17.7 Å². The lowest BCUT2D eigenvalue weighted by atomic mass is 10.2. The fraction of sp³-hybridized carbons (Fsp3) is 0.769. The van der Waals surface area contributed by atoms with Crippen LogP contribution in [-0.4, -0.2) is 71.1 Å². The molecule has 1 saturated heterocycles. The normalized spacial score (nSPS) is 22.8. The Morgan fingerprint density at radius 2 is 2.00 bits per heavy atom. The number of ether oxygens (including phenoxy) is 1. The molecule has 1 amide bonds. The van der Waals surface area contributed by atoms with Gasteiger partial charge in [-0.1, -0.05) is 11.8 Å². The van der Waals surface area contributed by atoms with E-state index in [0.29, 0.717) is 36.5 Å². The minimum absolute atomic E-state index is 0.0781. The standard InChI is InChI=1S/C13H22N4O3S/c1-9-5-17(6-10(2)19-9)12(18)8-21-13-15-14-11(20-13)7-16(3)4/h9-10H,5-8H2,1-4H3/t9-,10+. The molecule has 1 aromatic heterocycles. The molecular weight excluding hydrogens is 292 g/mol. The SMILES string of the molecule is C[C@@H]1CN(C(=O)CSc2nnc(CN(C)C)o2)C[C@H](C)O1. The van der Waals surface area contributed by atoms with Gasteiger partial charge in [0.15, 0.2) is 0 Å². The van der Waals surface area contributed by atoms with E-state index in [4.69, 9.17) is 9.15 Å². The van der Waals surface area contributed by atoms with Crippen LogP contribution in [0.5, 0.6) is 0 Å². The smallest absolute Gasteiger partial charge is 0.277 e. The molecule has 0 aromatic carbocycles. The first-order chi connectivity index (χ1) is 9.94.